The highest BCUT2D eigenvalue weighted by Gasteiger charge is 2.29. The van der Waals surface area contributed by atoms with E-state index < -0.39 is 0 Å². The molecule has 1 atom stereocenters. The Labute approximate surface area is 92.5 Å². The van der Waals surface area contributed by atoms with Gasteiger partial charge in [-0.05, 0) is 46.3 Å². The molecule has 0 aliphatic heterocycles. The highest BCUT2D eigenvalue weighted by Crippen LogP contribution is 2.39. The van der Waals surface area contributed by atoms with E-state index in [4.69, 9.17) is 5.73 Å². The first kappa shape index (κ1) is 11.0. The molecule has 1 heterocycles. The van der Waals surface area contributed by atoms with E-state index in [9.17, 15) is 0 Å². The van der Waals surface area contributed by atoms with E-state index >= 15 is 0 Å². The number of rotatable bonds is 2. The Balaban J connectivity index is 0.000000845. The highest BCUT2D eigenvalue weighted by molar-refractivity contribution is 9.10. The van der Waals surface area contributed by atoms with Crippen molar-refractivity contribution in [3.63, 3.8) is 0 Å². The van der Waals surface area contributed by atoms with Gasteiger partial charge in [-0.25, -0.2) is 0 Å². The van der Waals surface area contributed by atoms with E-state index in [-0.39, 0.29) is 18.4 Å². The van der Waals surface area contributed by atoms with Crippen LogP contribution in [0, 0.1) is 5.92 Å². The molecule has 0 spiro atoms. The number of aromatic nitrogens is 1. The average Bonchev–Trinajstić information content (AvgIpc) is 2.85. The molecule has 1 fully saturated rings. The van der Waals surface area contributed by atoms with Gasteiger partial charge in [-0.2, -0.15) is 0 Å². The molecular weight excluding hydrogens is 251 g/mol. The van der Waals surface area contributed by atoms with Gasteiger partial charge in [0, 0.05) is 22.9 Å². The van der Waals surface area contributed by atoms with Crippen LogP contribution in [0.3, 0.4) is 0 Å². The summed E-state index contributed by atoms with van der Waals surface area (Å²) in [6.07, 6.45) is 6.18. The third-order valence-corrected chi connectivity index (χ3v) is 2.67. The van der Waals surface area contributed by atoms with Crippen LogP contribution in [0.1, 0.15) is 24.4 Å². The molecule has 1 saturated carbocycles. The minimum Gasteiger partial charge on any atom is -0.324 e. The van der Waals surface area contributed by atoms with Crippen molar-refractivity contribution in [3.8, 4) is 0 Å². The van der Waals surface area contributed by atoms with Crippen molar-refractivity contribution in [2.24, 2.45) is 11.7 Å². The first-order valence-electron chi connectivity index (χ1n) is 4.13. The molecule has 2 rings (SSSR count). The summed E-state index contributed by atoms with van der Waals surface area (Å²) in [5.74, 6) is 0.695. The zero-order valence-electron chi connectivity index (χ0n) is 7.11. The lowest BCUT2D eigenvalue weighted by atomic mass is 10.1. The third kappa shape index (κ3) is 2.66. The van der Waals surface area contributed by atoms with Gasteiger partial charge in [-0.1, -0.05) is 0 Å². The van der Waals surface area contributed by atoms with Crippen molar-refractivity contribution in [2.75, 3.05) is 0 Å². The summed E-state index contributed by atoms with van der Waals surface area (Å²) in [5.41, 5.74) is 7.15. The second-order valence-electron chi connectivity index (χ2n) is 3.30. The zero-order chi connectivity index (χ0) is 8.55. The Bertz CT molecular complexity index is 289. The fourth-order valence-corrected chi connectivity index (χ4v) is 1.72. The lowest BCUT2D eigenvalue weighted by Gasteiger charge is -2.09. The van der Waals surface area contributed by atoms with Crippen molar-refractivity contribution in [3.05, 3.63) is 28.5 Å². The van der Waals surface area contributed by atoms with Gasteiger partial charge in [0.15, 0.2) is 0 Å². The van der Waals surface area contributed by atoms with Crippen LogP contribution in [0.25, 0.3) is 0 Å². The predicted octanol–water partition coefficient (Wildman–Crippen LogP) is 2.68. The minimum absolute atomic E-state index is 0. The Kier molecular flexibility index (Phi) is 3.71. The summed E-state index contributed by atoms with van der Waals surface area (Å²) in [7, 11) is 0. The Hall–Kier alpha value is -0.120. The molecule has 0 saturated heterocycles. The van der Waals surface area contributed by atoms with Crippen LogP contribution in [0.15, 0.2) is 22.9 Å². The maximum absolute atomic E-state index is 6.01. The Morgan fingerprint density at radius 1 is 1.46 bits per heavy atom. The molecule has 2 nitrogen and oxygen atoms in total. The number of nitrogens with two attached hydrogens (primary N) is 1. The second-order valence-corrected chi connectivity index (χ2v) is 4.22. The van der Waals surface area contributed by atoms with Crippen LogP contribution in [-0.2, 0) is 0 Å². The third-order valence-electron chi connectivity index (χ3n) is 2.24. The molecule has 1 aliphatic carbocycles. The van der Waals surface area contributed by atoms with Crippen LogP contribution >= 0.6 is 28.3 Å². The van der Waals surface area contributed by atoms with Gasteiger partial charge in [-0.15, -0.1) is 12.4 Å². The van der Waals surface area contributed by atoms with Gasteiger partial charge in [0.2, 0.25) is 0 Å². The number of hydrogen-bond donors (Lipinski definition) is 1. The number of halogens is 2. The normalized spacial score (nSPS) is 17.7. The zero-order valence-corrected chi connectivity index (χ0v) is 9.51. The van der Waals surface area contributed by atoms with Gasteiger partial charge < -0.3 is 5.73 Å². The largest absolute Gasteiger partial charge is 0.324 e. The maximum Gasteiger partial charge on any atom is 0.0410 e. The minimum atomic E-state index is 0. The maximum atomic E-state index is 6.01. The van der Waals surface area contributed by atoms with E-state index in [1.54, 1.807) is 6.20 Å². The molecule has 0 radical (unpaired) electrons. The van der Waals surface area contributed by atoms with E-state index in [2.05, 4.69) is 27.0 Å². The fourth-order valence-electron chi connectivity index (χ4n) is 1.34. The molecule has 0 unspecified atom stereocenters. The summed E-state index contributed by atoms with van der Waals surface area (Å²) >= 11 is 3.38. The first-order chi connectivity index (χ1) is 5.77. The van der Waals surface area contributed by atoms with Crippen molar-refractivity contribution in [2.45, 2.75) is 18.9 Å². The van der Waals surface area contributed by atoms with Crippen molar-refractivity contribution >= 4 is 28.3 Å². The average molecular weight is 264 g/mol. The van der Waals surface area contributed by atoms with Crippen LogP contribution in [0.5, 0.6) is 0 Å². The standard InChI is InChI=1S/C9H11BrN2.ClH/c10-8-3-7(4-12-5-8)9(11)6-1-2-6;/h3-6,9H,1-2,11H2;1H/t9-;/m1./s1. The van der Waals surface area contributed by atoms with Gasteiger partial charge in [-0.3, -0.25) is 4.98 Å². The summed E-state index contributed by atoms with van der Waals surface area (Å²) in [5, 5.41) is 0. The summed E-state index contributed by atoms with van der Waals surface area (Å²) in [6, 6.07) is 2.24. The van der Waals surface area contributed by atoms with Crippen LogP contribution in [0.2, 0.25) is 0 Å². The van der Waals surface area contributed by atoms with Gasteiger partial charge in [0.1, 0.15) is 0 Å². The van der Waals surface area contributed by atoms with Crippen LogP contribution in [0.4, 0.5) is 0 Å². The number of nitrogens with zero attached hydrogens (tertiary/aromatic N) is 1. The highest BCUT2D eigenvalue weighted by atomic mass is 79.9. The van der Waals surface area contributed by atoms with Crippen LogP contribution < -0.4 is 5.73 Å². The molecule has 0 amide bonds. The van der Waals surface area contributed by atoms with Crippen molar-refractivity contribution in [1.82, 2.24) is 4.98 Å². The van der Waals surface area contributed by atoms with Crippen molar-refractivity contribution < 1.29 is 0 Å². The molecule has 4 heteroatoms. The van der Waals surface area contributed by atoms with Gasteiger partial charge >= 0.3 is 0 Å². The fraction of sp³-hybridized carbons (Fsp3) is 0.444. The molecule has 0 aromatic carbocycles. The molecule has 1 aliphatic rings. The van der Waals surface area contributed by atoms with E-state index in [1.807, 2.05) is 6.20 Å². The van der Waals surface area contributed by atoms with Gasteiger partial charge in [0.25, 0.3) is 0 Å². The summed E-state index contributed by atoms with van der Waals surface area (Å²) < 4.78 is 1.01. The molecule has 1 aromatic rings. The van der Waals surface area contributed by atoms with Crippen molar-refractivity contribution in [1.29, 1.82) is 0 Å². The lowest BCUT2D eigenvalue weighted by molar-refractivity contribution is 0.630. The van der Waals surface area contributed by atoms with E-state index in [1.165, 1.54) is 12.8 Å². The SMILES string of the molecule is Cl.N[C@@H](c1cncc(Br)c1)C1CC1. The van der Waals surface area contributed by atoms with Crippen LogP contribution in [-0.4, -0.2) is 4.98 Å². The Morgan fingerprint density at radius 2 is 2.15 bits per heavy atom. The number of pyridine rings is 1. The topological polar surface area (TPSA) is 38.9 Å². The van der Waals surface area contributed by atoms with Gasteiger partial charge in [0.05, 0.1) is 0 Å². The number of hydrogen-bond acceptors (Lipinski definition) is 2. The molecule has 0 bridgehead atoms. The molecule has 72 valence electrons. The first-order valence-corrected chi connectivity index (χ1v) is 4.92. The molecule has 13 heavy (non-hydrogen) atoms. The van der Waals surface area contributed by atoms with E-state index in [0.717, 1.165) is 10.0 Å². The monoisotopic (exact) mass is 262 g/mol. The Morgan fingerprint density at radius 3 is 2.69 bits per heavy atom. The predicted molar refractivity (Wildman–Crippen MR) is 58.8 cm³/mol. The van der Waals surface area contributed by atoms with E-state index in [0.29, 0.717) is 5.92 Å². The molecule has 1 aromatic heterocycles. The lowest BCUT2D eigenvalue weighted by Crippen LogP contribution is -2.12. The molecule has 2 N–H and O–H groups in total. The summed E-state index contributed by atoms with van der Waals surface area (Å²) in [4.78, 5) is 4.09. The summed E-state index contributed by atoms with van der Waals surface area (Å²) in [6.45, 7) is 0. The second kappa shape index (κ2) is 4.40. The molecular formula is C9H12BrClN2. The smallest absolute Gasteiger partial charge is 0.0410 e. The quantitative estimate of drug-likeness (QED) is 0.891.